The molecule has 128 valence electrons. The van der Waals surface area contributed by atoms with Crippen LogP contribution in [0.25, 0.3) is 6.08 Å². The van der Waals surface area contributed by atoms with Gasteiger partial charge in [-0.2, -0.15) is 0 Å². The lowest BCUT2D eigenvalue weighted by Crippen LogP contribution is -2.38. The Morgan fingerprint density at radius 1 is 1.21 bits per heavy atom. The van der Waals surface area contributed by atoms with Crippen molar-refractivity contribution < 1.29 is 19.1 Å². The van der Waals surface area contributed by atoms with Crippen LogP contribution in [0.4, 0.5) is 0 Å². The standard InChI is InChI=1S/C17H19ClN2O4/c18-13-9-12(10-14-17(13)24-8-7-23-14)3-4-15(21)19-11-16(22)20-5-1-2-6-20/h3-4,9-10H,1-2,5-8,11H2,(H,19,21)/b4-3+. The lowest BCUT2D eigenvalue weighted by molar-refractivity contribution is -0.131. The lowest BCUT2D eigenvalue weighted by atomic mass is 10.1. The van der Waals surface area contributed by atoms with E-state index in [9.17, 15) is 9.59 Å². The second kappa shape index (κ2) is 7.57. The number of nitrogens with one attached hydrogen (secondary N) is 1. The van der Waals surface area contributed by atoms with Crippen LogP contribution in [-0.2, 0) is 9.59 Å². The molecule has 1 aromatic carbocycles. The highest BCUT2D eigenvalue weighted by Crippen LogP contribution is 2.38. The van der Waals surface area contributed by atoms with E-state index in [1.807, 2.05) is 0 Å². The summed E-state index contributed by atoms with van der Waals surface area (Å²) in [5.41, 5.74) is 0.727. The molecule has 2 heterocycles. The second-order valence-electron chi connectivity index (χ2n) is 5.67. The Labute approximate surface area is 145 Å². The minimum atomic E-state index is -0.325. The molecular weight excluding hydrogens is 332 g/mol. The maximum absolute atomic E-state index is 11.9. The number of carbonyl (C=O) groups is 2. The van der Waals surface area contributed by atoms with Crippen molar-refractivity contribution in [1.82, 2.24) is 10.2 Å². The van der Waals surface area contributed by atoms with Gasteiger partial charge in [0.25, 0.3) is 0 Å². The predicted octanol–water partition coefficient (Wildman–Crippen LogP) is 1.86. The van der Waals surface area contributed by atoms with Crippen molar-refractivity contribution >= 4 is 29.5 Å². The topological polar surface area (TPSA) is 67.9 Å². The molecular formula is C17H19ClN2O4. The molecule has 0 aliphatic carbocycles. The summed E-state index contributed by atoms with van der Waals surface area (Å²) < 4.78 is 10.9. The Morgan fingerprint density at radius 2 is 1.96 bits per heavy atom. The Morgan fingerprint density at radius 3 is 2.75 bits per heavy atom. The van der Waals surface area contributed by atoms with Gasteiger partial charge in [-0.05, 0) is 36.6 Å². The Bertz CT molecular complexity index is 669. The van der Waals surface area contributed by atoms with E-state index in [4.69, 9.17) is 21.1 Å². The summed E-state index contributed by atoms with van der Waals surface area (Å²) in [6.07, 6.45) is 5.06. The zero-order valence-electron chi connectivity index (χ0n) is 13.2. The fourth-order valence-electron chi connectivity index (χ4n) is 2.70. The van der Waals surface area contributed by atoms with Gasteiger partial charge in [0.15, 0.2) is 11.5 Å². The van der Waals surface area contributed by atoms with Crippen molar-refractivity contribution in [3.8, 4) is 11.5 Å². The molecule has 0 aromatic heterocycles. The van der Waals surface area contributed by atoms with Crippen LogP contribution in [0, 0.1) is 0 Å². The number of benzene rings is 1. The summed E-state index contributed by atoms with van der Waals surface area (Å²) in [5.74, 6) is 0.726. The molecule has 0 bridgehead atoms. The number of fused-ring (bicyclic) bond motifs is 1. The minimum Gasteiger partial charge on any atom is -0.486 e. The van der Waals surface area contributed by atoms with Gasteiger partial charge >= 0.3 is 0 Å². The number of ether oxygens (including phenoxy) is 2. The minimum absolute atomic E-state index is 0.0189. The van der Waals surface area contributed by atoms with Crippen LogP contribution >= 0.6 is 11.6 Å². The van der Waals surface area contributed by atoms with E-state index in [2.05, 4.69) is 5.32 Å². The Kier molecular flexibility index (Phi) is 5.25. The van der Waals surface area contributed by atoms with E-state index >= 15 is 0 Å². The fourth-order valence-corrected chi connectivity index (χ4v) is 2.97. The maximum atomic E-state index is 11.9. The van der Waals surface area contributed by atoms with Gasteiger partial charge in [0.1, 0.15) is 13.2 Å². The Balaban J connectivity index is 1.56. The summed E-state index contributed by atoms with van der Waals surface area (Å²) in [4.78, 5) is 25.5. The molecule has 2 aliphatic rings. The van der Waals surface area contributed by atoms with Gasteiger partial charge in [-0.3, -0.25) is 9.59 Å². The van der Waals surface area contributed by atoms with E-state index in [0.29, 0.717) is 29.7 Å². The van der Waals surface area contributed by atoms with Crippen molar-refractivity contribution in [2.75, 3.05) is 32.8 Å². The first-order valence-electron chi connectivity index (χ1n) is 7.96. The predicted molar refractivity (Wildman–Crippen MR) is 90.3 cm³/mol. The molecule has 0 radical (unpaired) electrons. The number of amides is 2. The van der Waals surface area contributed by atoms with Crippen LogP contribution in [-0.4, -0.2) is 49.6 Å². The molecule has 0 unspecified atom stereocenters. The average Bonchev–Trinajstić information content (AvgIpc) is 3.12. The average molecular weight is 351 g/mol. The van der Waals surface area contributed by atoms with E-state index < -0.39 is 0 Å². The van der Waals surface area contributed by atoms with E-state index in [0.717, 1.165) is 31.5 Å². The largest absolute Gasteiger partial charge is 0.486 e. The van der Waals surface area contributed by atoms with E-state index in [1.54, 1.807) is 23.1 Å². The molecule has 24 heavy (non-hydrogen) atoms. The Hall–Kier alpha value is -2.21. The summed E-state index contributed by atoms with van der Waals surface area (Å²) >= 11 is 6.15. The molecule has 1 saturated heterocycles. The number of halogens is 1. The molecule has 2 amide bonds. The molecule has 7 heteroatoms. The van der Waals surface area contributed by atoms with Crippen LogP contribution < -0.4 is 14.8 Å². The zero-order valence-corrected chi connectivity index (χ0v) is 14.0. The van der Waals surface area contributed by atoms with Crippen molar-refractivity contribution in [2.24, 2.45) is 0 Å². The maximum Gasteiger partial charge on any atom is 0.244 e. The van der Waals surface area contributed by atoms with Crippen molar-refractivity contribution in [2.45, 2.75) is 12.8 Å². The van der Waals surface area contributed by atoms with Gasteiger partial charge in [0, 0.05) is 19.2 Å². The van der Waals surface area contributed by atoms with Crippen LogP contribution in [0.2, 0.25) is 5.02 Å². The quantitative estimate of drug-likeness (QED) is 0.842. The first kappa shape index (κ1) is 16.6. The number of rotatable bonds is 4. The van der Waals surface area contributed by atoms with Crippen molar-refractivity contribution in [3.63, 3.8) is 0 Å². The number of hydrogen-bond acceptors (Lipinski definition) is 4. The summed E-state index contributed by atoms with van der Waals surface area (Å²) in [5, 5.41) is 3.04. The zero-order chi connectivity index (χ0) is 16.9. The van der Waals surface area contributed by atoms with Gasteiger partial charge in [-0.15, -0.1) is 0 Å². The molecule has 6 nitrogen and oxygen atoms in total. The molecule has 0 atom stereocenters. The molecule has 1 N–H and O–H groups in total. The third kappa shape index (κ3) is 4.00. The summed E-state index contributed by atoms with van der Waals surface area (Å²) in [6.45, 7) is 2.51. The number of nitrogens with zero attached hydrogens (tertiary/aromatic N) is 1. The van der Waals surface area contributed by atoms with E-state index in [1.165, 1.54) is 6.08 Å². The molecule has 0 spiro atoms. The molecule has 1 aromatic rings. The SMILES string of the molecule is O=C(/C=C/c1cc(Cl)c2c(c1)OCCO2)NCC(=O)N1CCCC1. The monoisotopic (exact) mass is 350 g/mol. The van der Waals surface area contributed by atoms with Crippen LogP contribution in [0.5, 0.6) is 11.5 Å². The van der Waals surface area contributed by atoms with Crippen molar-refractivity contribution in [1.29, 1.82) is 0 Å². The van der Waals surface area contributed by atoms with Crippen molar-refractivity contribution in [3.05, 3.63) is 28.8 Å². The summed E-state index contributed by atoms with van der Waals surface area (Å²) in [7, 11) is 0. The van der Waals surface area contributed by atoms with E-state index in [-0.39, 0.29) is 18.4 Å². The third-order valence-corrected chi connectivity index (χ3v) is 4.20. The highest BCUT2D eigenvalue weighted by molar-refractivity contribution is 6.32. The number of carbonyl (C=O) groups excluding carboxylic acids is 2. The molecule has 1 fully saturated rings. The normalized spacial score (nSPS) is 16.5. The molecule has 3 rings (SSSR count). The first-order valence-corrected chi connectivity index (χ1v) is 8.34. The van der Waals surface area contributed by atoms with Crippen LogP contribution in [0.3, 0.4) is 0 Å². The van der Waals surface area contributed by atoms with Gasteiger partial charge in [0.05, 0.1) is 11.6 Å². The smallest absolute Gasteiger partial charge is 0.244 e. The molecule has 0 saturated carbocycles. The first-order chi connectivity index (χ1) is 11.6. The second-order valence-corrected chi connectivity index (χ2v) is 6.07. The van der Waals surface area contributed by atoms with Gasteiger partial charge in [0.2, 0.25) is 11.8 Å². The fraction of sp³-hybridized carbons (Fsp3) is 0.412. The van der Waals surface area contributed by atoms with Crippen LogP contribution in [0.1, 0.15) is 18.4 Å². The van der Waals surface area contributed by atoms with Gasteiger partial charge in [-0.25, -0.2) is 0 Å². The van der Waals surface area contributed by atoms with Gasteiger partial charge < -0.3 is 19.7 Å². The lowest BCUT2D eigenvalue weighted by Gasteiger charge is -2.19. The van der Waals surface area contributed by atoms with Crippen LogP contribution in [0.15, 0.2) is 18.2 Å². The highest BCUT2D eigenvalue weighted by atomic mass is 35.5. The summed E-state index contributed by atoms with van der Waals surface area (Å²) in [6, 6.07) is 3.47. The van der Waals surface area contributed by atoms with Gasteiger partial charge in [-0.1, -0.05) is 11.6 Å². The molecule has 2 aliphatic heterocycles. The highest BCUT2D eigenvalue weighted by Gasteiger charge is 2.18. The third-order valence-electron chi connectivity index (χ3n) is 3.92. The number of hydrogen-bond donors (Lipinski definition) is 1. The number of likely N-dealkylation sites (tertiary alicyclic amines) is 1.